The van der Waals surface area contributed by atoms with Gasteiger partial charge in [-0.3, -0.25) is 9.69 Å². The quantitative estimate of drug-likeness (QED) is 0.429. The minimum atomic E-state index is -0.965. The van der Waals surface area contributed by atoms with E-state index >= 15 is 0 Å². The van der Waals surface area contributed by atoms with Crippen LogP contribution in [0, 0.1) is 5.82 Å². The molecule has 1 unspecified atom stereocenters. The van der Waals surface area contributed by atoms with Crippen LogP contribution >= 0.6 is 15.9 Å². The standard InChI is InChI=1S/C24H23BrFNO2/c1-17(19-10-6-3-7-11-19)27(16-18-8-4-2-5-9-18)23(15-24(28)29)21-14-20(25)12-13-22(21)26/h2-14,17,23H,15-16H2,1H3,(H,28,29)/t17-,23?/m1/s1. The number of carbonyl (C=O) groups is 1. The predicted octanol–water partition coefficient (Wildman–Crippen LogP) is 6.37. The monoisotopic (exact) mass is 455 g/mol. The smallest absolute Gasteiger partial charge is 0.305 e. The van der Waals surface area contributed by atoms with Gasteiger partial charge in [0.1, 0.15) is 5.82 Å². The van der Waals surface area contributed by atoms with Crippen molar-refractivity contribution in [2.45, 2.75) is 32.0 Å². The number of carboxylic acids is 1. The second-order valence-electron chi connectivity index (χ2n) is 7.02. The maximum absolute atomic E-state index is 14.8. The molecule has 3 nitrogen and oxygen atoms in total. The Morgan fingerprint density at radius 1 is 1.03 bits per heavy atom. The number of nitrogens with zero attached hydrogens (tertiary/aromatic N) is 1. The van der Waals surface area contributed by atoms with E-state index in [0.29, 0.717) is 12.1 Å². The molecule has 2 atom stereocenters. The number of hydrogen-bond acceptors (Lipinski definition) is 2. The number of rotatable bonds is 8. The van der Waals surface area contributed by atoms with Gasteiger partial charge in [-0.15, -0.1) is 0 Å². The Morgan fingerprint density at radius 2 is 1.66 bits per heavy atom. The minimum Gasteiger partial charge on any atom is -0.481 e. The van der Waals surface area contributed by atoms with E-state index in [0.717, 1.165) is 15.6 Å². The van der Waals surface area contributed by atoms with E-state index in [2.05, 4.69) is 20.8 Å². The van der Waals surface area contributed by atoms with Gasteiger partial charge in [0.25, 0.3) is 0 Å². The summed E-state index contributed by atoms with van der Waals surface area (Å²) in [7, 11) is 0. The van der Waals surface area contributed by atoms with Crippen molar-refractivity contribution in [3.05, 3.63) is 106 Å². The van der Waals surface area contributed by atoms with Gasteiger partial charge >= 0.3 is 5.97 Å². The van der Waals surface area contributed by atoms with E-state index in [1.54, 1.807) is 12.1 Å². The van der Waals surface area contributed by atoms with Crippen LogP contribution in [0.5, 0.6) is 0 Å². The van der Waals surface area contributed by atoms with Gasteiger partial charge in [-0.25, -0.2) is 4.39 Å². The largest absolute Gasteiger partial charge is 0.481 e. The van der Waals surface area contributed by atoms with Gasteiger partial charge in [0, 0.05) is 28.7 Å². The Bertz CT molecular complexity index is 950. The van der Waals surface area contributed by atoms with E-state index in [9.17, 15) is 14.3 Å². The predicted molar refractivity (Wildman–Crippen MR) is 116 cm³/mol. The molecule has 0 aliphatic carbocycles. The van der Waals surface area contributed by atoms with Crippen molar-refractivity contribution in [1.82, 2.24) is 4.90 Å². The van der Waals surface area contributed by atoms with Crippen molar-refractivity contribution in [3.8, 4) is 0 Å². The average Bonchev–Trinajstić information content (AvgIpc) is 2.73. The molecule has 0 saturated heterocycles. The molecule has 0 amide bonds. The lowest BCUT2D eigenvalue weighted by molar-refractivity contribution is -0.138. The lowest BCUT2D eigenvalue weighted by atomic mass is 9.96. The number of carboxylic acid groups (broad SMARTS) is 1. The molecule has 0 saturated carbocycles. The normalized spacial score (nSPS) is 13.2. The minimum absolute atomic E-state index is 0.112. The van der Waals surface area contributed by atoms with Crippen LogP contribution in [0.15, 0.2) is 83.3 Å². The van der Waals surface area contributed by atoms with Crippen LogP contribution in [0.2, 0.25) is 0 Å². The van der Waals surface area contributed by atoms with Crippen LogP contribution in [-0.2, 0) is 11.3 Å². The van der Waals surface area contributed by atoms with Gasteiger partial charge in [-0.1, -0.05) is 76.6 Å². The zero-order valence-electron chi connectivity index (χ0n) is 16.1. The molecule has 29 heavy (non-hydrogen) atoms. The molecule has 0 radical (unpaired) electrons. The molecular weight excluding hydrogens is 433 g/mol. The maximum Gasteiger partial charge on any atom is 0.305 e. The second-order valence-corrected chi connectivity index (χ2v) is 7.94. The molecule has 3 aromatic carbocycles. The molecule has 3 aromatic rings. The number of halogens is 2. The summed E-state index contributed by atoms with van der Waals surface area (Å²) >= 11 is 3.40. The molecule has 0 fully saturated rings. The Labute approximate surface area is 178 Å². The Morgan fingerprint density at radius 3 is 2.28 bits per heavy atom. The van der Waals surface area contributed by atoms with Crippen LogP contribution in [0.3, 0.4) is 0 Å². The number of aliphatic carboxylic acids is 1. The first-order valence-electron chi connectivity index (χ1n) is 9.47. The van der Waals surface area contributed by atoms with E-state index in [-0.39, 0.29) is 12.5 Å². The van der Waals surface area contributed by atoms with Crippen molar-refractivity contribution < 1.29 is 14.3 Å². The highest BCUT2D eigenvalue weighted by atomic mass is 79.9. The van der Waals surface area contributed by atoms with Gasteiger partial charge in [0.2, 0.25) is 0 Å². The summed E-state index contributed by atoms with van der Waals surface area (Å²) in [5.41, 5.74) is 2.47. The van der Waals surface area contributed by atoms with Crippen LogP contribution in [-0.4, -0.2) is 16.0 Å². The molecular formula is C24H23BrFNO2. The Kier molecular flexibility index (Phi) is 7.18. The zero-order valence-corrected chi connectivity index (χ0v) is 17.7. The maximum atomic E-state index is 14.8. The molecule has 0 bridgehead atoms. The van der Waals surface area contributed by atoms with E-state index in [1.165, 1.54) is 6.07 Å². The first kappa shape index (κ1) is 21.2. The first-order chi connectivity index (χ1) is 14.0. The van der Waals surface area contributed by atoms with Crippen molar-refractivity contribution in [2.75, 3.05) is 0 Å². The van der Waals surface area contributed by atoms with E-state index in [4.69, 9.17) is 0 Å². The first-order valence-corrected chi connectivity index (χ1v) is 10.3. The van der Waals surface area contributed by atoms with Gasteiger partial charge in [0.15, 0.2) is 0 Å². The summed E-state index contributed by atoms with van der Waals surface area (Å²) in [5, 5.41) is 9.61. The highest BCUT2D eigenvalue weighted by molar-refractivity contribution is 9.10. The fourth-order valence-corrected chi connectivity index (χ4v) is 3.95. The zero-order chi connectivity index (χ0) is 20.8. The second kappa shape index (κ2) is 9.81. The van der Waals surface area contributed by atoms with Crippen LogP contribution < -0.4 is 0 Å². The highest BCUT2D eigenvalue weighted by Crippen LogP contribution is 2.36. The molecule has 5 heteroatoms. The third kappa shape index (κ3) is 5.52. The molecule has 0 aliphatic heterocycles. The van der Waals surface area contributed by atoms with Crippen LogP contribution in [0.25, 0.3) is 0 Å². The molecule has 0 heterocycles. The lowest BCUT2D eigenvalue weighted by Gasteiger charge is -2.37. The number of hydrogen-bond donors (Lipinski definition) is 1. The third-order valence-corrected chi connectivity index (χ3v) is 5.57. The summed E-state index contributed by atoms with van der Waals surface area (Å²) < 4.78 is 15.5. The number of benzene rings is 3. The van der Waals surface area contributed by atoms with Crippen LogP contribution in [0.4, 0.5) is 4.39 Å². The SMILES string of the molecule is C[C@H](c1ccccc1)N(Cc1ccccc1)C(CC(=O)O)c1cc(Br)ccc1F. The van der Waals surface area contributed by atoms with Crippen molar-refractivity contribution in [1.29, 1.82) is 0 Å². The molecule has 0 spiro atoms. The van der Waals surface area contributed by atoms with Gasteiger partial charge in [-0.2, -0.15) is 0 Å². The molecule has 1 N–H and O–H groups in total. The fourth-order valence-electron chi connectivity index (χ4n) is 3.58. The van der Waals surface area contributed by atoms with Gasteiger partial charge in [-0.05, 0) is 36.2 Å². The highest BCUT2D eigenvalue weighted by Gasteiger charge is 2.30. The van der Waals surface area contributed by atoms with Crippen molar-refractivity contribution >= 4 is 21.9 Å². The third-order valence-electron chi connectivity index (χ3n) is 5.07. The molecule has 0 aromatic heterocycles. The Hall–Kier alpha value is -2.50. The summed E-state index contributed by atoms with van der Waals surface area (Å²) in [6.45, 7) is 2.53. The van der Waals surface area contributed by atoms with E-state index < -0.39 is 17.8 Å². The van der Waals surface area contributed by atoms with Gasteiger partial charge in [0.05, 0.1) is 6.42 Å². The summed E-state index contributed by atoms with van der Waals surface area (Å²) in [4.78, 5) is 13.8. The van der Waals surface area contributed by atoms with E-state index in [1.807, 2.05) is 67.6 Å². The van der Waals surface area contributed by atoms with Gasteiger partial charge < -0.3 is 5.11 Å². The summed E-state index contributed by atoms with van der Waals surface area (Å²) in [6, 6.07) is 23.7. The summed E-state index contributed by atoms with van der Waals surface area (Å²) in [6.07, 6.45) is -0.197. The Balaban J connectivity index is 2.08. The lowest BCUT2D eigenvalue weighted by Crippen LogP contribution is -2.33. The fraction of sp³-hybridized carbons (Fsp3) is 0.208. The molecule has 0 aliphatic rings. The van der Waals surface area contributed by atoms with Crippen molar-refractivity contribution in [2.24, 2.45) is 0 Å². The average molecular weight is 456 g/mol. The summed E-state index contributed by atoms with van der Waals surface area (Å²) in [5.74, 6) is -1.37. The van der Waals surface area contributed by atoms with Crippen LogP contribution in [0.1, 0.15) is 42.1 Å². The molecule has 3 rings (SSSR count). The topological polar surface area (TPSA) is 40.5 Å². The van der Waals surface area contributed by atoms with Crippen molar-refractivity contribution in [3.63, 3.8) is 0 Å². The molecule has 150 valence electrons.